The zero-order valence-electron chi connectivity index (χ0n) is 10.3. The van der Waals surface area contributed by atoms with E-state index in [4.69, 9.17) is 11.6 Å². The molecule has 0 saturated carbocycles. The molecule has 0 fully saturated rings. The van der Waals surface area contributed by atoms with Crippen molar-refractivity contribution in [1.29, 1.82) is 0 Å². The van der Waals surface area contributed by atoms with Gasteiger partial charge in [0.15, 0.2) is 11.0 Å². The van der Waals surface area contributed by atoms with Gasteiger partial charge in [-0.15, -0.1) is 0 Å². The molecule has 0 amide bonds. The second-order valence-electron chi connectivity index (χ2n) is 4.01. The number of nitrogens with zero attached hydrogens (tertiary/aromatic N) is 3. The number of hydrogen-bond acceptors (Lipinski definition) is 4. The molecular weight excluding hydrogens is 224 g/mol. The van der Waals surface area contributed by atoms with E-state index in [-0.39, 0.29) is 0 Å². The Morgan fingerprint density at radius 2 is 2.19 bits per heavy atom. The first kappa shape index (κ1) is 13.0. The van der Waals surface area contributed by atoms with E-state index in [1.807, 2.05) is 14.1 Å². The van der Waals surface area contributed by atoms with Gasteiger partial charge in [0, 0.05) is 20.6 Å². The topological polar surface area (TPSA) is 41.1 Å². The van der Waals surface area contributed by atoms with Crippen LogP contribution in [0.4, 0.5) is 11.5 Å². The van der Waals surface area contributed by atoms with Crippen LogP contribution >= 0.6 is 11.6 Å². The molecule has 4 nitrogen and oxygen atoms in total. The first-order valence-corrected chi connectivity index (χ1v) is 5.87. The molecule has 1 atom stereocenters. The van der Waals surface area contributed by atoms with E-state index in [0.29, 0.717) is 11.1 Å². The Morgan fingerprint density at radius 3 is 2.75 bits per heavy atom. The summed E-state index contributed by atoms with van der Waals surface area (Å²) in [7, 11) is 3.84. The molecule has 0 spiro atoms. The normalized spacial score (nSPS) is 12.3. The maximum absolute atomic E-state index is 6.00. The standard InChI is InChI=1S/C11H19ClN4/c1-5-8(2)6-16(4)11-9(13-3)10(12)14-7-15-11/h7-8,13H,5-6H2,1-4H3. The Kier molecular flexibility index (Phi) is 4.80. The highest BCUT2D eigenvalue weighted by atomic mass is 35.5. The van der Waals surface area contributed by atoms with E-state index in [1.165, 1.54) is 6.33 Å². The molecule has 0 saturated heterocycles. The Bertz CT molecular complexity index is 343. The van der Waals surface area contributed by atoms with Gasteiger partial charge in [0.25, 0.3) is 0 Å². The van der Waals surface area contributed by atoms with E-state index < -0.39 is 0 Å². The van der Waals surface area contributed by atoms with E-state index >= 15 is 0 Å². The lowest BCUT2D eigenvalue weighted by Gasteiger charge is -2.23. The molecule has 90 valence electrons. The first-order chi connectivity index (χ1) is 7.60. The number of halogens is 1. The Morgan fingerprint density at radius 1 is 1.50 bits per heavy atom. The van der Waals surface area contributed by atoms with E-state index in [9.17, 15) is 0 Å². The molecule has 0 radical (unpaired) electrons. The highest BCUT2D eigenvalue weighted by Crippen LogP contribution is 2.28. The van der Waals surface area contributed by atoms with Gasteiger partial charge in [-0.2, -0.15) is 0 Å². The van der Waals surface area contributed by atoms with Crippen LogP contribution in [0.25, 0.3) is 0 Å². The first-order valence-electron chi connectivity index (χ1n) is 5.49. The summed E-state index contributed by atoms with van der Waals surface area (Å²) in [5, 5.41) is 3.50. The SMILES string of the molecule is CCC(C)CN(C)c1ncnc(Cl)c1NC. The van der Waals surface area contributed by atoms with E-state index in [2.05, 4.69) is 34.0 Å². The van der Waals surface area contributed by atoms with Crippen molar-refractivity contribution in [3.8, 4) is 0 Å². The van der Waals surface area contributed by atoms with E-state index in [1.54, 1.807) is 0 Å². The highest BCUT2D eigenvalue weighted by molar-refractivity contribution is 6.32. The molecule has 0 aliphatic carbocycles. The van der Waals surface area contributed by atoms with Crippen LogP contribution in [0.1, 0.15) is 20.3 Å². The summed E-state index contributed by atoms with van der Waals surface area (Å²) >= 11 is 6.00. The van der Waals surface area contributed by atoms with Crippen LogP contribution in [0.5, 0.6) is 0 Å². The molecule has 1 rings (SSSR count). The summed E-state index contributed by atoms with van der Waals surface area (Å²) in [6.45, 7) is 5.36. The second kappa shape index (κ2) is 5.89. The molecule has 1 N–H and O–H groups in total. The highest BCUT2D eigenvalue weighted by Gasteiger charge is 2.13. The zero-order valence-corrected chi connectivity index (χ0v) is 11.0. The quantitative estimate of drug-likeness (QED) is 0.806. The average molecular weight is 243 g/mol. The van der Waals surface area contributed by atoms with Gasteiger partial charge >= 0.3 is 0 Å². The Hall–Kier alpha value is -1.03. The molecular formula is C11H19ClN4. The van der Waals surface area contributed by atoms with Crippen LogP contribution < -0.4 is 10.2 Å². The van der Waals surface area contributed by atoms with Crippen LogP contribution in [0.3, 0.4) is 0 Å². The number of anilines is 2. The molecule has 5 heteroatoms. The molecule has 0 aliphatic heterocycles. The maximum atomic E-state index is 6.00. The van der Waals surface area contributed by atoms with Gasteiger partial charge in [-0.25, -0.2) is 9.97 Å². The largest absolute Gasteiger partial charge is 0.383 e. The average Bonchev–Trinajstić information content (AvgIpc) is 2.28. The van der Waals surface area contributed by atoms with Crippen molar-refractivity contribution >= 4 is 23.1 Å². The van der Waals surface area contributed by atoms with Crippen LogP contribution in [0, 0.1) is 5.92 Å². The van der Waals surface area contributed by atoms with Gasteiger partial charge in [-0.3, -0.25) is 0 Å². The molecule has 0 aliphatic rings. The summed E-state index contributed by atoms with van der Waals surface area (Å²) in [6, 6.07) is 0. The van der Waals surface area contributed by atoms with Gasteiger partial charge in [-0.1, -0.05) is 31.9 Å². The van der Waals surface area contributed by atoms with Gasteiger partial charge in [0.1, 0.15) is 12.0 Å². The third kappa shape index (κ3) is 2.98. The van der Waals surface area contributed by atoms with Crippen molar-refractivity contribution in [3.63, 3.8) is 0 Å². The van der Waals surface area contributed by atoms with Crippen molar-refractivity contribution in [2.24, 2.45) is 5.92 Å². The van der Waals surface area contributed by atoms with Crippen LogP contribution in [-0.2, 0) is 0 Å². The van der Waals surface area contributed by atoms with Crippen molar-refractivity contribution < 1.29 is 0 Å². The lowest BCUT2D eigenvalue weighted by atomic mass is 10.1. The van der Waals surface area contributed by atoms with Gasteiger partial charge in [0.2, 0.25) is 0 Å². The third-order valence-electron chi connectivity index (χ3n) is 2.68. The minimum Gasteiger partial charge on any atom is -0.383 e. The zero-order chi connectivity index (χ0) is 12.1. The predicted molar refractivity (Wildman–Crippen MR) is 69.3 cm³/mol. The lowest BCUT2D eigenvalue weighted by Crippen LogP contribution is -2.25. The number of aromatic nitrogens is 2. The summed E-state index contributed by atoms with van der Waals surface area (Å²) in [5.74, 6) is 1.48. The summed E-state index contributed by atoms with van der Waals surface area (Å²) in [5.41, 5.74) is 0.787. The lowest BCUT2D eigenvalue weighted by molar-refractivity contribution is 0.558. The molecule has 16 heavy (non-hydrogen) atoms. The molecule has 1 heterocycles. The van der Waals surface area contributed by atoms with Gasteiger partial charge in [0.05, 0.1) is 0 Å². The van der Waals surface area contributed by atoms with Crippen molar-refractivity contribution in [2.45, 2.75) is 20.3 Å². The third-order valence-corrected chi connectivity index (χ3v) is 2.96. The molecule has 0 bridgehead atoms. The molecule has 1 unspecified atom stereocenters. The second-order valence-corrected chi connectivity index (χ2v) is 4.37. The minimum atomic E-state index is 0.462. The maximum Gasteiger partial charge on any atom is 0.157 e. The van der Waals surface area contributed by atoms with Crippen molar-refractivity contribution in [1.82, 2.24) is 9.97 Å². The monoisotopic (exact) mass is 242 g/mol. The minimum absolute atomic E-state index is 0.462. The number of nitrogens with one attached hydrogen (secondary N) is 1. The van der Waals surface area contributed by atoms with Crippen LogP contribution in [0.15, 0.2) is 6.33 Å². The molecule has 0 aromatic carbocycles. The fraction of sp³-hybridized carbons (Fsp3) is 0.636. The number of hydrogen-bond donors (Lipinski definition) is 1. The van der Waals surface area contributed by atoms with Crippen LogP contribution in [0.2, 0.25) is 5.15 Å². The fourth-order valence-electron chi connectivity index (χ4n) is 1.54. The van der Waals surface area contributed by atoms with Gasteiger partial charge < -0.3 is 10.2 Å². The summed E-state index contributed by atoms with van der Waals surface area (Å²) in [6.07, 6.45) is 2.64. The molecule has 1 aromatic heterocycles. The Balaban J connectivity index is 2.90. The fourth-order valence-corrected chi connectivity index (χ4v) is 1.77. The molecule has 1 aromatic rings. The van der Waals surface area contributed by atoms with Gasteiger partial charge in [-0.05, 0) is 5.92 Å². The van der Waals surface area contributed by atoms with Crippen molar-refractivity contribution in [3.05, 3.63) is 11.5 Å². The van der Waals surface area contributed by atoms with E-state index in [0.717, 1.165) is 24.5 Å². The summed E-state index contributed by atoms with van der Waals surface area (Å²) in [4.78, 5) is 10.3. The predicted octanol–water partition coefficient (Wildman–Crippen LogP) is 2.65. The smallest absolute Gasteiger partial charge is 0.157 e. The van der Waals surface area contributed by atoms with Crippen molar-refractivity contribution in [2.75, 3.05) is 30.9 Å². The number of rotatable bonds is 5. The Labute approximate surface area is 102 Å². The van der Waals surface area contributed by atoms with Crippen LogP contribution in [-0.4, -0.2) is 30.6 Å². The summed E-state index contributed by atoms with van der Waals surface area (Å²) < 4.78 is 0.